The number of benzene rings is 1. The molecule has 0 aliphatic carbocycles. The number of ether oxygens (including phenoxy) is 1. The van der Waals surface area contributed by atoms with Crippen molar-refractivity contribution in [3.8, 4) is 0 Å². The summed E-state index contributed by atoms with van der Waals surface area (Å²) in [4.78, 5) is 11.2. The molecule has 0 bridgehead atoms. The number of aryl methyl sites for hydroxylation is 1. The Morgan fingerprint density at radius 3 is 2.38 bits per heavy atom. The van der Waals surface area contributed by atoms with Gasteiger partial charge >= 0.3 is 5.97 Å². The average molecular weight is 241 g/mol. The van der Waals surface area contributed by atoms with Crippen molar-refractivity contribution < 1.29 is 9.53 Å². The molecule has 3 heteroatoms. The molecule has 0 fully saturated rings. The van der Waals surface area contributed by atoms with Crippen molar-refractivity contribution in [2.45, 2.75) is 19.8 Å². The zero-order valence-corrected chi connectivity index (χ0v) is 10.5. The van der Waals surface area contributed by atoms with Crippen molar-refractivity contribution in [2.75, 3.05) is 13.0 Å². The maximum Gasteiger partial charge on any atom is 0.308 e. The molecule has 88 valence electrons. The Balaban J connectivity index is 2.58. The van der Waals surface area contributed by atoms with Gasteiger partial charge in [-0.05, 0) is 24.0 Å². The van der Waals surface area contributed by atoms with Crippen LogP contribution >= 0.6 is 11.6 Å². The molecule has 1 aromatic rings. The fourth-order valence-electron chi connectivity index (χ4n) is 1.59. The number of methoxy groups -OCH3 is 1. The summed E-state index contributed by atoms with van der Waals surface area (Å²) in [6.45, 7) is 1.87. The molecule has 1 rings (SSSR count). The van der Waals surface area contributed by atoms with Crippen LogP contribution in [0.1, 0.15) is 18.1 Å². The predicted octanol–water partition coefficient (Wildman–Crippen LogP) is 2.82. The number of hydrogen-bond donors (Lipinski definition) is 0. The molecule has 0 aliphatic heterocycles. The summed E-state index contributed by atoms with van der Waals surface area (Å²) in [6, 6.07) is 8.20. The standard InChI is InChI=1S/C13H17ClO2/c1-10(13(15)16-2)9-12-5-3-11(4-6-12)7-8-14/h3-6,10H,7-9H2,1-2H3. The van der Waals surface area contributed by atoms with Gasteiger partial charge in [-0.1, -0.05) is 31.2 Å². The summed E-state index contributed by atoms with van der Waals surface area (Å²) in [5.74, 6) is 0.381. The van der Waals surface area contributed by atoms with E-state index in [-0.39, 0.29) is 11.9 Å². The molecule has 1 atom stereocenters. The zero-order chi connectivity index (χ0) is 12.0. The molecule has 0 saturated heterocycles. The SMILES string of the molecule is COC(=O)C(C)Cc1ccc(CCCl)cc1. The van der Waals surface area contributed by atoms with Crippen LogP contribution < -0.4 is 0 Å². The summed E-state index contributed by atoms with van der Waals surface area (Å²) in [7, 11) is 1.42. The Hall–Kier alpha value is -1.02. The molecule has 0 aliphatic rings. The first-order chi connectivity index (χ1) is 7.67. The molecule has 0 radical (unpaired) electrons. The average Bonchev–Trinajstić information content (AvgIpc) is 2.31. The highest BCUT2D eigenvalue weighted by Gasteiger charge is 2.13. The lowest BCUT2D eigenvalue weighted by Crippen LogP contribution is -2.15. The van der Waals surface area contributed by atoms with E-state index in [0.29, 0.717) is 12.3 Å². The van der Waals surface area contributed by atoms with Gasteiger partial charge in [0.2, 0.25) is 0 Å². The zero-order valence-electron chi connectivity index (χ0n) is 9.70. The van der Waals surface area contributed by atoms with E-state index < -0.39 is 0 Å². The summed E-state index contributed by atoms with van der Waals surface area (Å²) >= 11 is 5.66. The van der Waals surface area contributed by atoms with E-state index in [0.717, 1.165) is 12.0 Å². The first kappa shape index (κ1) is 13.0. The van der Waals surface area contributed by atoms with Crippen molar-refractivity contribution in [2.24, 2.45) is 5.92 Å². The predicted molar refractivity (Wildman–Crippen MR) is 65.8 cm³/mol. The molecule has 0 heterocycles. The fraction of sp³-hybridized carbons (Fsp3) is 0.462. The maximum atomic E-state index is 11.2. The number of carbonyl (C=O) groups is 1. The van der Waals surface area contributed by atoms with Crippen LogP contribution in [0.3, 0.4) is 0 Å². The highest BCUT2D eigenvalue weighted by Crippen LogP contribution is 2.12. The number of carbonyl (C=O) groups excluding carboxylic acids is 1. The number of rotatable bonds is 5. The van der Waals surface area contributed by atoms with Crippen molar-refractivity contribution in [3.63, 3.8) is 0 Å². The molecule has 0 amide bonds. The number of hydrogen-bond acceptors (Lipinski definition) is 2. The first-order valence-electron chi connectivity index (χ1n) is 5.39. The third-order valence-corrected chi connectivity index (χ3v) is 2.74. The van der Waals surface area contributed by atoms with Gasteiger partial charge in [-0.25, -0.2) is 0 Å². The minimum atomic E-state index is -0.162. The van der Waals surface area contributed by atoms with Crippen LogP contribution in [0.4, 0.5) is 0 Å². The monoisotopic (exact) mass is 240 g/mol. The molecule has 16 heavy (non-hydrogen) atoms. The van der Waals surface area contributed by atoms with E-state index in [4.69, 9.17) is 16.3 Å². The van der Waals surface area contributed by atoms with Crippen LogP contribution in [0.2, 0.25) is 0 Å². The number of halogens is 1. The van der Waals surface area contributed by atoms with Crippen molar-refractivity contribution >= 4 is 17.6 Å². The van der Waals surface area contributed by atoms with Gasteiger partial charge < -0.3 is 4.74 Å². The second-order valence-corrected chi connectivity index (χ2v) is 4.26. The van der Waals surface area contributed by atoms with Gasteiger partial charge in [-0.3, -0.25) is 4.79 Å². The van der Waals surface area contributed by atoms with Crippen LogP contribution in [0.25, 0.3) is 0 Å². The van der Waals surface area contributed by atoms with Gasteiger partial charge in [0.05, 0.1) is 13.0 Å². The number of alkyl halides is 1. The Morgan fingerprint density at radius 2 is 1.88 bits per heavy atom. The topological polar surface area (TPSA) is 26.3 Å². The van der Waals surface area contributed by atoms with Gasteiger partial charge in [-0.15, -0.1) is 11.6 Å². The van der Waals surface area contributed by atoms with Crippen LogP contribution in [-0.4, -0.2) is 19.0 Å². The molecule has 1 aromatic carbocycles. The van der Waals surface area contributed by atoms with Crippen LogP contribution in [0.5, 0.6) is 0 Å². The third kappa shape index (κ3) is 3.86. The molecular formula is C13H17ClO2. The third-order valence-electron chi connectivity index (χ3n) is 2.55. The van der Waals surface area contributed by atoms with Crippen LogP contribution in [-0.2, 0) is 22.4 Å². The lowest BCUT2D eigenvalue weighted by atomic mass is 10.00. The minimum Gasteiger partial charge on any atom is -0.469 e. The minimum absolute atomic E-state index is 0.0936. The Labute approximate surface area is 102 Å². The van der Waals surface area contributed by atoms with Crippen molar-refractivity contribution in [3.05, 3.63) is 35.4 Å². The lowest BCUT2D eigenvalue weighted by Gasteiger charge is -2.09. The van der Waals surface area contributed by atoms with E-state index in [9.17, 15) is 4.79 Å². The van der Waals surface area contributed by atoms with Gasteiger partial charge in [-0.2, -0.15) is 0 Å². The summed E-state index contributed by atoms with van der Waals surface area (Å²) in [6.07, 6.45) is 1.60. The van der Waals surface area contributed by atoms with Crippen LogP contribution in [0, 0.1) is 5.92 Å². The number of esters is 1. The van der Waals surface area contributed by atoms with E-state index in [1.807, 2.05) is 19.1 Å². The largest absolute Gasteiger partial charge is 0.469 e. The molecule has 0 aromatic heterocycles. The Kier molecular flexibility index (Phi) is 5.33. The van der Waals surface area contributed by atoms with E-state index in [1.54, 1.807) is 0 Å². The van der Waals surface area contributed by atoms with Crippen LogP contribution in [0.15, 0.2) is 24.3 Å². The van der Waals surface area contributed by atoms with Crippen molar-refractivity contribution in [1.29, 1.82) is 0 Å². The summed E-state index contributed by atoms with van der Waals surface area (Å²) < 4.78 is 4.69. The smallest absolute Gasteiger partial charge is 0.308 e. The van der Waals surface area contributed by atoms with Gasteiger partial charge in [0.1, 0.15) is 0 Å². The van der Waals surface area contributed by atoms with E-state index in [1.165, 1.54) is 12.7 Å². The lowest BCUT2D eigenvalue weighted by molar-refractivity contribution is -0.144. The van der Waals surface area contributed by atoms with Gasteiger partial charge in [0, 0.05) is 5.88 Å². The Morgan fingerprint density at radius 1 is 1.31 bits per heavy atom. The molecule has 0 N–H and O–H groups in total. The highest BCUT2D eigenvalue weighted by molar-refractivity contribution is 6.17. The van der Waals surface area contributed by atoms with Crippen molar-refractivity contribution in [1.82, 2.24) is 0 Å². The quantitative estimate of drug-likeness (QED) is 0.584. The molecule has 0 saturated carbocycles. The Bertz CT molecular complexity index is 332. The molecule has 1 unspecified atom stereocenters. The maximum absolute atomic E-state index is 11.2. The second kappa shape index (κ2) is 6.54. The van der Waals surface area contributed by atoms with E-state index in [2.05, 4.69) is 12.1 Å². The highest BCUT2D eigenvalue weighted by atomic mass is 35.5. The van der Waals surface area contributed by atoms with Gasteiger partial charge in [0.15, 0.2) is 0 Å². The summed E-state index contributed by atoms with van der Waals surface area (Å²) in [5, 5.41) is 0. The van der Waals surface area contributed by atoms with Gasteiger partial charge in [0.25, 0.3) is 0 Å². The fourth-order valence-corrected chi connectivity index (χ4v) is 1.81. The molecule has 0 spiro atoms. The molecule has 2 nitrogen and oxygen atoms in total. The van der Waals surface area contributed by atoms with E-state index >= 15 is 0 Å². The summed E-state index contributed by atoms with van der Waals surface area (Å²) in [5.41, 5.74) is 2.38. The first-order valence-corrected chi connectivity index (χ1v) is 5.92. The normalized spacial score (nSPS) is 12.2. The second-order valence-electron chi connectivity index (χ2n) is 3.88. The molecular weight excluding hydrogens is 224 g/mol.